The summed E-state index contributed by atoms with van der Waals surface area (Å²) >= 11 is 1.77. The Kier molecular flexibility index (Phi) is 6.39. The monoisotopic (exact) mass is 506 g/mol. The van der Waals surface area contributed by atoms with E-state index >= 15 is 0 Å². The van der Waals surface area contributed by atoms with Gasteiger partial charge in [0.05, 0.1) is 6.04 Å². The Labute approximate surface area is 222 Å². The zero-order valence-corrected chi connectivity index (χ0v) is 21.8. The maximum absolute atomic E-state index is 13.8. The maximum Gasteiger partial charge on any atom is 0.254 e. The van der Waals surface area contributed by atoms with Crippen LogP contribution in [0.15, 0.2) is 90.3 Å². The summed E-state index contributed by atoms with van der Waals surface area (Å²) in [7, 11) is 0. The molecular weight excluding hydrogens is 476 g/mol. The number of carbonyl (C=O) groups excluding carboxylic acids is 2. The van der Waals surface area contributed by atoms with Crippen molar-refractivity contribution in [3.8, 4) is 11.1 Å². The Hall–Kier alpha value is -3.70. The summed E-state index contributed by atoms with van der Waals surface area (Å²) in [6.45, 7) is 2.87. The minimum atomic E-state index is -0.107. The molecule has 1 aliphatic heterocycles. The van der Waals surface area contributed by atoms with E-state index in [1.165, 1.54) is 16.0 Å². The lowest BCUT2D eigenvalue weighted by atomic mass is 9.92. The minimum Gasteiger partial charge on any atom is -0.330 e. The summed E-state index contributed by atoms with van der Waals surface area (Å²) in [6, 6.07) is 28.6. The van der Waals surface area contributed by atoms with E-state index in [-0.39, 0.29) is 30.4 Å². The number of carbonyl (C=O) groups is 2. The predicted octanol–water partition coefficient (Wildman–Crippen LogP) is 6.50. The number of nitrogens with zero attached hydrogens (tertiary/aromatic N) is 2. The molecule has 0 radical (unpaired) electrons. The average molecular weight is 507 g/mol. The third-order valence-electron chi connectivity index (χ3n) is 7.47. The van der Waals surface area contributed by atoms with Crippen LogP contribution in [0.2, 0.25) is 0 Å². The van der Waals surface area contributed by atoms with Crippen LogP contribution < -0.4 is 0 Å². The van der Waals surface area contributed by atoms with E-state index in [0.717, 1.165) is 36.0 Å². The molecule has 1 saturated carbocycles. The molecule has 2 aliphatic rings. The van der Waals surface area contributed by atoms with Crippen LogP contribution in [0.25, 0.3) is 11.1 Å². The summed E-state index contributed by atoms with van der Waals surface area (Å²) in [5.74, 6) is -0.0424. The van der Waals surface area contributed by atoms with Gasteiger partial charge in [-0.1, -0.05) is 72.3 Å². The van der Waals surface area contributed by atoms with Gasteiger partial charge < -0.3 is 9.80 Å². The van der Waals surface area contributed by atoms with Crippen LogP contribution in [0.1, 0.15) is 50.8 Å². The first-order chi connectivity index (χ1) is 18.1. The fourth-order valence-corrected chi connectivity index (χ4v) is 6.19. The second-order valence-corrected chi connectivity index (χ2v) is 11.1. The van der Waals surface area contributed by atoms with Crippen molar-refractivity contribution >= 4 is 23.2 Å². The molecule has 186 valence electrons. The van der Waals surface area contributed by atoms with Crippen molar-refractivity contribution in [1.82, 2.24) is 9.80 Å². The second-order valence-electron chi connectivity index (χ2n) is 10.1. The molecule has 2 amide bonds. The molecular formula is C32H30N2O2S. The maximum atomic E-state index is 13.8. The molecule has 37 heavy (non-hydrogen) atoms. The lowest BCUT2D eigenvalue weighted by Crippen LogP contribution is -2.47. The highest BCUT2D eigenvalue weighted by Crippen LogP contribution is 2.38. The van der Waals surface area contributed by atoms with Gasteiger partial charge >= 0.3 is 0 Å². The number of rotatable bonds is 6. The van der Waals surface area contributed by atoms with Crippen molar-refractivity contribution < 1.29 is 9.59 Å². The Morgan fingerprint density at radius 3 is 2.30 bits per heavy atom. The second kappa shape index (κ2) is 9.98. The van der Waals surface area contributed by atoms with E-state index in [1.807, 2.05) is 47.4 Å². The SMILES string of the molecule is Cc1ccc(C2c3ccsc3CCN2C(=O)CN(C(=O)c2ccc(-c3ccccc3)cc2)C2CC2)cc1. The molecule has 0 saturated heterocycles. The van der Waals surface area contributed by atoms with Gasteiger partial charge in [-0.05, 0) is 72.0 Å². The summed E-state index contributed by atoms with van der Waals surface area (Å²) < 4.78 is 0. The van der Waals surface area contributed by atoms with E-state index in [0.29, 0.717) is 12.1 Å². The van der Waals surface area contributed by atoms with Gasteiger partial charge in [-0.2, -0.15) is 0 Å². The van der Waals surface area contributed by atoms with Gasteiger partial charge in [0, 0.05) is 23.0 Å². The number of amides is 2. The number of aryl methyl sites for hydroxylation is 1. The standard InChI is InChI=1S/C32H30N2O2S/c1-22-7-9-25(10-8-22)31-28-18-20-37-29(28)17-19-33(31)30(35)21-34(27-15-16-27)32(36)26-13-11-24(12-14-26)23-5-3-2-4-6-23/h2-14,18,20,27,31H,15-17,19,21H2,1H3. The van der Waals surface area contributed by atoms with Crippen LogP contribution in [-0.4, -0.2) is 40.7 Å². The molecule has 1 aromatic heterocycles. The molecule has 0 spiro atoms. The van der Waals surface area contributed by atoms with Crippen molar-refractivity contribution in [1.29, 1.82) is 0 Å². The van der Waals surface area contributed by atoms with Crippen LogP contribution in [0.3, 0.4) is 0 Å². The predicted molar refractivity (Wildman–Crippen MR) is 149 cm³/mol. The minimum absolute atomic E-state index is 0.0172. The van der Waals surface area contributed by atoms with Crippen molar-refractivity contribution in [2.75, 3.05) is 13.1 Å². The first-order valence-electron chi connectivity index (χ1n) is 13.0. The van der Waals surface area contributed by atoms with E-state index in [9.17, 15) is 9.59 Å². The fraction of sp³-hybridized carbons (Fsp3) is 0.250. The number of fused-ring (bicyclic) bond motifs is 1. The highest BCUT2D eigenvalue weighted by Gasteiger charge is 2.38. The highest BCUT2D eigenvalue weighted by atomic mass is 32.1. The summed E-state index contributed by atoms with van der Waals surface area (Å²) in [5, 5.41) is 2.12. The molecule has 4 aromatic rings. The summed E-state index contributed by atoms with van der Waals surface area (Å²) in [5.41, 5.74) is 6.37. The molecule has 5 heteroatoms. The smallest absolute Gasteiger partial charge is 0.254 e. The van der Waals surface area contributed by atoms with E-state index < -0.39 is 0 Å². The average Bonchev–Trinajstić information content (AvgIpc) is 3.67. The van der Waals surface area contributed by atoms with E-state index in [4.69, 9.17) is 0 Å². The van der Waals surface area contributed by atoms with Gasteiger partial charge in [-0.3, -0.25) is 9.59 Å². The van der Waals surface area contributed by atoms with Crippen LogP contribution in [-0.2, 0) is 11.2 Å². The lowest BCUT2D eigenvalue weighted by Gasteiger charge is -2.37. The Morgan fingerprint density at radius 1 is 0.892 bits per heavy atom. The Morgan fingerprint density at radius 2 is 1.59 bits per heavy atom. The molecule has 2 heterocycles. The molecule has 0 bridgehead atoms. The zero-order valence-electron chi connectivity index (χ0n) is 21.0. The van der Waals surface area contributed by atoms with Gasteiger partial charge in [-0.25, -0.2) is 0 Å². The normalized spacial score (nSPS) is 16.8. The van der Waals surface area contributed by atoms with Crippen LogP contribution in [0.5, 0.6) is 0 Å². The van der Waals surface area contributed by atoms with Gasteiger partial charge in [0.2, 0.25) is 5.91 Å². The first-order valence-corrected chi connectivity index (χ1v) is 13.9. The summed E-state index contributed by atoms with van der Waals surface area (Å²) in [6.07, 6.45) is 2.77. The van der Waals surface area contributed by atoms with Crippen molar-refractivity contribution in [3.63, 3.8) is 0 Å². The molecule has 4 nitrogen and oxygen atoms in total. The van der Waals surface area contributed by atoms with Gasteiger partial charge in [-0.15, -0.1) is 11.3 Å². The third kappa shape index (κ3) is 4.84. The van der Waals surface area contributed by atoms with Gasteiger partial charge in [0.25, 0.3) is 5.91 Å². The lowest BCUT2D eigenvalue weighted by molar-refractivity contribution is -0.134. The summed E-state index contributed by atoms with van der Waals surface area (Å²) in [4.78, 5) is 32.6. The number of benzene rings is 3. The highest BCUT2D eigenvalue weighted by molar-refractivity contribution is 7.10. The van der Waals surface area contributed by atoms with Gasteiger partial charge in [0.1, 0.15) is 6.54 Å². The molecule has 6 rings (SSSR count). The Bertz CT molecular complexity index is 1410. The largest absolute Gasteiger partial charge is 0.330 e. The van der Waals surface area contributed by atoms with Crippen LogP contribution in [0, 0.1) is 6.92 Å². The van der Waals surface area contributed by atoms with E-state index in [2.05, 4.69) is 54.8 Å². The number of hydrogen-bond donors (Lipinski definition) is 0. The molecule has 1 aliphatic carbocycles. The van der Waals surface area contributed by atoms with Crippen molar-refractivity contribution in [2.24, 2.45) is 0 Å². The molecule has 0 N–H and O–H groups in total. The van der Waals surface area contributed by atoms with E-state index in [1.54, 1.807) is 16.2 Å². The fourth-order valence-electron chi connectivity index (χ4n) is 5.28. The zero-order chi connectivity index (χ0) is 25.4. The van der Waals surface area contributed by atoms with Crippen molar-refractivity contribution in [2.45, 2.75) is 38.3 Å². The molecule has 1 unspecified atom stereocenters. The van der Waals surface area contributed by atoms with Crippen LogP contribution in [0.4, 0.5) is 0 Å². The third-order valence-corrected chi connectivity index (χ3v) is 8.47. The quantitative estimate of drug-likeness (QED) is 0.299. The molecule has 1 atom stereocenters. The number of hydrogen-bond acceptors (Lipinski definition) is 3. The van der Waals surface area contributed by atoms with Crippen LogP contribution >= 0.6 is 11.3 Å². The first kappa shape index (κ1) is 23.7. The number of thiophene rings is 1. The molecule has 3 aromatic carbocycles. The Balaban J connectivity index is 1.24. The van der Waals surface area contributed by atoms with Gasteiger partial charge in [0.15, 0.2) is 0 Å². The van der Waals surface area contributed by atoms with Crippen molar-refractivity contribution in [3.05, 3.63) is 117 Å². The molecule has 1 fully saturated rings. The topological polar surface area (TPSA) is 40.6 Å².